The molecule has 2 rings (SSSR count). The lowest BCUT2D eigenvalue weighted by molar-refractivity contribution is -0.385. The zero-order chi connectivity index (χ0) is 23.3. The number of benzene rings is 1. The van der Waals surface area contributed by atoms with Crippen molar-refractivity contribution in [1.82, 2.24) is 19.8 Å². The molecule has 12 nitrogen and oxygen atoms in total. The fourth-order valence-electron chi connectivity index (χ4n) is 2.71. The normalized spacial score (nSPS) is 11.5. The predicted octanol–water partition coefficient (Wildman–Crippen LogP) is 1.49. The number of non-ortho nitro benzene ring substituents is 1. The number of methoxy groups -OCH3 is 1. The summed E-state index contributed by atoms with van der Waals surface area (Å²) in [6.45, 7) is 5.45. The summed E-state index contributed by atoms with van der Waals surface area (Å²) in [5, 5.41) is 17.9. The van der Waals surface area contributed by atoms with Gasteiger partial charge in [-0.15, -0.1) is 0 Å². The molecule has 0 bridgehead atoms. The average molecular weight is 455 g/mol. The van der Waals surface area contributed by atoms with Gasteiger partial charge in [0.2, 0.25) is 15.9 Å². The van der Waals surface area contributed by atoms with E-state index < -0.39 is 37.5 Å². The first-order valence-corrected chi connectivity index (χ1v) is 10.8. The Morgan fingerprint density at radius 1 is 1.35 bits per heavy atom. The monoisotopic (exact) mass is 455 g/mol. The van der Waals surface area contributed by atoms with E-state index in [-0.39, 0.29) is 23.9 Å². The Kier molecular flexibility index (Phi) is 7.70. The van der Waals surface area contributed by atoms with Crippen LogP contribution in [0, 0.1) is 17.0 Å². The van der Waals surface area contributed by atoms with E-state index in [2.05, 4.69) is 15.1 Å². The van der Waals surface area contributed by atoms with Crippen molar-refractivity contribution in [1.29, 1.82) is 0 Å². The van der Waals surface area contributed by atoms with Crippen LogP contribution in [-0.4, -0.2) is 55.3 Å². The zero-order valence-electron chi connectivity index (χ0n) is 17.8. The molecule has 0 unspecified atom stereocenters. The van der Waals surface area contributed by atoms with E-state index in [4.69, 9.17) is 9.47 Å². The number of hydrogen-bond acceptors (Lipinski definition) is 8. The number of rotatable bonds is 10. The number of aryl methyl sites for hydroxylation is 1. The number of nitro benzene ring substituents is 1. The van der Waals surface area contributed by atoms with Crippen LogP contribution in [0.3, 0.4) is 0 Å². The van der Waals surface area contributed by atoms with Gasteiger partial charge in [0.25, 0.3) is 11.6 Å². The molecule has 13 heteroatoms. The molecule has 31 heavy (non-hydrogen) atoms. The Bertz CT molecular complexity index is 1080. The van der Waals surface area contributed by atoms with Crippen LogP contribution in [0.4, 0.5) is 5.69 Å². The Morgan fingerprint density at radius 3 is 2.61 bits per heavy atom. The number of sulfonamides is 1. The lowest BCUT2D eigenvalue weighted by atomic mass is 10.2. The highest BCUT2D eigenvalue weighted by molar-refractivity contribution is 7.89. The Labute approximate surface area is 179 Å². The molecule has 0 aliphatic carbocycles. The van der Waals surface area contributed by atoms with Gasteiger partial charge in [0, 0.05) is 44.4 Å². The van der Waals surface area contributed by atoms with Gasteiger partial charge in [0.15, 0.2) is 5.69 Å². The van der Waals surface area contributed by atoms with Crippen LogP contribution in [0.2, 0.25) is 0 Å². The van der Waals surface area contributed by atoms with Crippen LogP contribution in [0.15, 0.2) is 23.1 Å². The van der Waals surface area contributed by atoms with Crippen molar-refractivity contribution in [3.63, 3.8) is 0 Å². The molecule has 1 aromatic carbocycles. The maximum atomic E-state index is 12.7. The number of aromatic nitrogens is 2. The third kappa shape index (κ3) is 5.77. The minimum absolute atomic E-state index is 0.0974. The van der Waals surface area contributed by atoms with Gasteiger partial charge in [-0.05, 0) is 26.8 Å². The summed E-state index contributed by atoms with van der Waals surface area (Å²) < 4.78 is 39.8. The standard InChI is InChI=1S/C18H25N5O7S/c1-11(2)21-31(27,28)15-10-13(23(25)26)6-7-14(15)30-18-12(3)16(20-22(18)4)17(24)19-8-9-29-5/h6-7,10-11,21H,8-9H2,1-5H3,(H,19,24). The second kappa shape index (κ2) is 9.85. The van der Waals surface area contributed by atoms with Crippen LogP contribution < -0.4 is 14.8 Å². The largest absolute Gasteiger partial charge is 0.438 e. The van der Waals surface area contributed by atoms with Crippen molar-refractivity contribution in [2.45, 2.75) is 31.7 Å². The summed E-state index contributed by atoms with van der Waals surface area (Å²) in [6.07, 6.45) is 0. The molecule has 0 radical (unpaired) electrons. The molecular formula is C18H25N5O7S. The van der Waals surface area contributed by atoms with Crippen molar-refractivity contribution in [2.24, 2.45) is 7.05 Å². The first-order valence-electron chi connectivity index (χ1n) is 9.27. The van der Waals surface area contributed by atoms with E-state index in [9.17, 15) is 23.3 Å². The number of nitrogens with zero attached hydrogens (tertiary/aromatic N) is 3. The molecule has 0 spiro atoms. The van der Waals surface area contributed by atoms with Crippen LogP contribution in [0.1, 0.15) is 29.9 Å². The minimum Gasteiger partial charge on any atom is -0.438 e. The fourth-order valence-corrected chi connectivity index (χ4v) is 4.10. The van der Waals surface area contributed by atoms with Gasteiger partial charge in [0.05, 0.1) is 11.5 Å². The second-order valence-corrected chi connectivity index (χ2v) is 8.60. The number of carbonyl (C=O) groups excluding carboxylic acids is 1. The smallest absolute Gasteiger partial charge is 0.272 e. The molecule has 1 aromatic heterocycles. The SMILES string of the molecule is COCCNC(=O)c1nn(C)c(Oc2ccc([N+](=O)[O-])cc2S(=O)(=O)NC(C)C)c1C. The molecule has 0 saturated carbocycles. The summed E-state index contributed by atoms with van der Waals surface area (Å²) in [5.41, 5.74) is 0.0626. The molecule has 2 N–H and O–H groups in total. The van der Waals surface area contributed by atoms with Crippen LogP contribution in [0.5, 0.6) is 11.6 Å². The van der Waals surface area contributed by atoms with Crippen molar-refractivity contribution in [3.05, 3.63) is 39.6 Å². The van der Waals surface area contributed by atoms with E-state index in [1.807, 2.05) is 0 Å². The molecule has 0 atom stereocenters. The second-order valence-electron chi connectivity index (χ2n) is 6.92. The zero-order valence-corrected chi connectivity index (χ0v) is 18.6. The van der Waals surface area contributed by atoms with Crippen molar-refractivity contribution >= 4 is 21.6 Å². The molecule has 0 saturated heterocycles. The maximum absolute atomic E-state index is 12.7. The molecular weight excluding hydrogens is 430 g/mol. The average Bonchev–Trinajstić information content (AvgIpc) is 2.95. The third-order valence-electron chi connectivity index (χ3n) is 4.05. The molecule has 0 aliphatic rings. The van der Waals surface area contributed by atoms with Gasteiger partial charge in [-0.25, -0.2) is 17.8 Å². The number of carbonyl (C=O) groups is 1. The summed E-state index contributed by atoms with van der Waals surface area (Å²) in [5.74, 6) is -0.471. The number of nitrogens with one attached hydrogen (secondary N) is 2. The Hall–Kier alpha value is -3.03. The molecule has 170 valence electrons. The fraction of sp³-hybridized carbons (Fsp3) is 0.444. The van der Waals surface area contributed by atoms with E-state index in [0.717, 1.165) is 12.1 Å². The number of hydrogen-bond donors (Lipinski definition) is 2. The minimum atomic E-state index is -4.12. The van der Waals surface area contributed by atoms with E-state index in [1.165, 1.54) is 24.9 Å². The highest BCUT2D eigenvalue weighted by Gasteiger charge is 2.27. The summed E-state index contributed by atoms with van der Waals surface area (Å²) in [4.78, 5) is 22.4. The van der Waals surface area contributed by atoms with Gasteiger partial charge in [0.1, 0.15) is 10.6 Å². The quantitative estimate of drug-likeness (QED) is 0.310. The topological polar surface area (TPSA) is 155 Å². The predicted molar refractivity (Wildman–Crippen MR) is 111 cm³/mol. The molecule has 0 fully saturated rings. The van der Waals surface area contributed by atoms with E-state index in [1.54, 1.807) is 20.8 Å². The molecule has 1 heterocycles. The summed E-state index contributed by atoms with van der Waals surface area (Å²) in [7, 11) is -1.08. The molecule has 0 aliphatic heterocycles. The highest BCUT2D eigenvalue weighted by atomic mass is 32.2. The van der Waals surface area contributed by atoms with Gasteiger partial charge in [-0.2, -0.15) is 5.10 Å². The van der Waals surface area contributed by atoms with Crippen LogP contribution in [0.25, 0.3) is 0 Å². The van der Waals surface area contributed by atoms with Crippen LogP contribution in [-0.2, 0) is 21.8 Å². The van der Waals surface area contributed by atoms with Crippen molar-refractivity contribution in [3.8, 4) is 11.6 Å². The number of amides is 1. The third-order valence-corrected chi connectivity index (χ3v) is 5.73. The van der Waals surface area contributed by atoms with E-state index >= 15 is 0 Å². The van der Waals surface area contributed by atoms with Gasteiger partial charge >= 0.3 is 0 Å². The maximum Gasteiger partial charge on any atom is 0.272 e. The first-order chi connectivity index (χ1) is 14.5. The highest BCUT2D eigenvalue weighted by Crippen LogP contribution is 2.34. The molecule has 2 aromatic rings. The lowest BCUT2D eigenvalue weighted by Gasteiger charge is -2.14. The molecule has 1 amide bonds. The lowest BCUT2D eigenvalue weighted by Crippen LogP contribution is -2.30. The summed E-state index contributed by atoms with van der Waals surface area (Å²) >= 11 is 0. The van der Waals surface area contributed by atoms with Gasteiger partial charge in [-0.1, -0.05) is 0 Å². The van der Waals surface area contributed by atoms with Gasteiger partial charge < -0.3 is 14.8 Å². The summed E-state index contributed by atoms with van der Waals surface area (Å²) in [6, 6.07) is 2.80. The first kappa shape index (κ1) is 24.2. The Balaban J connectivity index is 2.47. The number of ether oxygens (including phenoxy) is 2. The van der Waals surface area contributed by atoms with Crippen molar-refractivity contribution < 1.29 is 27.6 Å². The number of nitro groups is 1. The van der Waals surface area contributed by atoms with E-state index in [0.29, 0.717) is 12.2 Å². The van der Waals surface area contributed by atoms with Crippen molar-refractivity contribution in [2.75, 3.05) is 20.3 Å². The Morgan fingerprint density at radius 2 is 2.03 bits per heavy atom. The van der Waals surface area contributed by atoms with Gasteiger partial charge in [-0.3, -0.25) is 14.9 Å². The van der Waals surface area contributed by atoms with Crippen LogP contribution >= 0.6 is 0 Å².